The van der Waals surface area contributed by atoms with E-state index in [1.165, 1.54) is 6.92 Å². The average Bonchev–Trinajstić information content (AvgIpc) is 2.36. The molecule has 0 fully saturated rings. The number of carbonyl (C=O) groups is 1. The zero-order chi connectivity index (χ0) is 13.4. The van der Waals surface area contributed by atoms with Crippen molar-refractivity contribution >= 4 is 39.6 Å². The molecule has 1 aromatic heterocycles. The van der Waals surface area contributed by atoms with Crippen molar-refractivity contribution in [2.75, 3.05) is 0 Å². The molecule has 0 saturated heterocycles. The number of carbonyl (C=O) groups excluding carboxylic acids is 1. The van der Waals surface area contributed by atoms with Crippen molar-refractivity contribution in [2.45, 2.75) is 6.92 Å². The summed E-state index contributed by atoms with van der Waals surface area (Å²) in [6.07, 6.45) is 0. The standard InChI is InChI=1S/C14H9ClN2O2/c1-8(18)19-13-4-2-3-11-14(13)17-12-7-9(15)5-6-10(12)16-11/h2-7H,1H3. The number of nitrogens with zero attached hydrogens (tertiary/aromatic N) is 2. The van der Waals surface area contributed by atoms with Gasteiger partial charge in [0, 0.05) is 11.9 Å². The summed E-state index contributed by atoms with van der Waals surface area (Å²) in [5.41, 5.74) is 2.64. The fraction of sp³-hybridized carbons (Fsp3) is 0.0714. The number of hydrogen-bond donors (Lipinski definition) is 0. The Kier molecular flexibility index (Phi) is 2.80. The van der Waals surface area contributed by atoms with Crippen LogP contribution in [0.15, 0.2) is 36.4 Å². The van der Waals surface area contributed by atoms with Gasteiger partial charge in [0.1, 0.15) is 5.52 Å². The molecule has 0 saturated carbocycles. The number of benzene rings is 2. The van der Waals surface area contributed by atoms with Crippen molar-refractivity contribution in [3.8, 4) is 5.75 Å². The maximum absolute atomic E-state index is 11.1. The van der Waals surface area contributed by atoms with Gasteiger partial charge < -0.3 is 4.74 Å². The Morgan fingerprint density at radius 3 is 2.74 bits per heavy atom. The second-order valence-electron chi connectivity index (χ2n) is 4.07. The summed E-state index contributed by atoms with van der Waals surface area (Å²) in [6, 6.07) is 10.6. The largest absolute Gasteiger partial charge is 0.424 e. The highest BCUT2D eigenvalue weighted by Gasteiger charge is 2.09. The Balaban J connectivity index is 2.32. The Morgan fingerprint density at radius 1 is 1.11 bits per heavy atom. The number of para-hydroxylation sites is 1. The van der Waals surface area contributed by atoms with Crippen LogP contribution in [-0.4, -0.2) is 15.9 Å². The van der Waals surface area contributed by atoms with Gasteiger partial charge in [0.25, 0.3) is 0 Å². The molecule has 3 rings (SSSR count). The number of fused-ring (bicyclic) bond motifs is 2. The third-order valence-electron chi connectivity index (χ3n) is 2.64. The van der Waals surface area contributed by atoms with Gasteiger partial charge in [-0.25, -0.2) is 9.97 Å². The molecule has 0 bridgehead atoms. The van der Waals surface area contributed by atoms with Gasteiger partial charge in [0.15, 0.2) is 5.75 Å². The van der Waals surface area contributed by atoms with Crippen molar-refractivity contribution in [2.24, 2.45) is 0 Å². The number of esters is 1. The summed E-state index contributed by atoms with van der Waals surface area (Å²) < 4.78 is 5.13. The summed E-state index contributed by atoms with van der Waals surface area (Å²) in [6.45, 7) is 1.35. The molecule has 0 N–H and O–H groups in total. The molecule has 5 heteroatoms. The lowest BCUT2D eigenvalue weighted by Crippen LogP contribution is -2.02. The van der Waals surface area contributed by atoms with Crippen molar-refractivity contribution in [1.29, 1.82) is 0 Å². The lowest BCUT2D eigenvalue weighted by Gasteiger charge is -2.06. The Morgan fingerprint density at radius 2 is 1.95 bits per heavy atom. The van der Waals surface area contributed by atoms with Crippen molar-refractivity contribution in [1.82, 2.24) is 9.97 Å². The van der Waals surface area contributed by atoms with Crippen LogP contribution in [0, 0.1) is 0 Å². The molecule has 0 aliphatic carbocycles. The minimum atomic E-state index is -0.388. The number of ether oxygens (including phenoxy) is 1. The zero-order valence-corrected chi connectivity index (χ0v) is 10.8. The van der Waals surface area contributed by atoms with Gasteiger partial charge in [0.2, 0.25) is 0 Å². The predicted octanol–water partition coefficient (Wildman–Crippen LogP) is 3.36. The summed E-state index contributed by atoms with van der Waals surface area (Å²) in [5, 5.41) is 0.589. The topological polar surface area (TPSA) is 52.1 Å². The molecular formula is C14H9ClN2O2. The Bertz CT molecular complexity index is 802. The minimum Gasteiger partial charge on any atom is -0.424 e. The van der Waals surface area contributed by atoms with E-state index in [-0.39, 0.29) is 5.97 Å². The van der Waals surface area contributed by atoms with Gasteiger partial charge in [-0.15, -0.1) is 0 Å². The maximum atomic E-state index is 11.1. The molecule has 2 aromatic carbocycles. The van der Waals surface area contributed by atoms with E-state index < -0.39 is 0 Å². The van der Waals surface area contributed by atoms with Crippen LogP contribution in [-0.2, 0) is 4.79 Å². The molecule has 94 valence electrons. The molecule has 0 unspecified atom stereocenters. The van der Waals surface area contributed by atoms with Crippen LogP contribution in [0.3, 0.4) is 0 Å². The van der Waals surface area contributed by atoms with E-state index in [1.807, 2.05) is 12.1 Å². The van der Waals surface area contributed by atoms with Gasteiger partial charge >= 0.3 is 5.97 Å². The first kappa shape index (κ1) is 11.9. The van der Waals surface area contributed by atoms with Crippen molar-refractivity contribution < 1.29 is 9.53 Å². The SMILES string of the molecule is CC(=O)Oc1cccc2nc3ccc(Cl)cc3nc12. The second-order valence-corrected chi connectivity index (χ2v) is 4.51. The minimum absolute atomic E-state index is 0.388. The van der Waals surface area contributed by atoms with Gasteiger partial charge in [-0.2, -0.15) is 0 Å². The molecule has 0 radical (unpaired) electrons. The third kappa shape index (κ3) is 2.22. The molecule has 0 aliphatic rings. The molecule has 0 spiro atoms. The molecular weight excluding hydrogens is 264 g/mol. The van der Waals surface area contributed by atoms with Crippen molar-refractivity contribution in [3.05, 3.63) is 41.4 Å². The van der Waals surface area contributed by atoms with E-state index in [9.17, 15) is 4.79 Å². The highest BCUT2D eigenvalue weighted by atomic mass is 35.5. The molecule has 1 heterocycles. The Hall–Kier alpha value is -2.20. The van der Waals surface area contributed by atoms with Crippen LogP contribution < -0.4 is 4.74 Å². The molecule has 0 atom stereocenters. The third-order valence-corrected chi connectivity index (χ3v) is 2.88. The van der Waals surface area contributed by atoms with E-state index >= 15 is 0 Å². The lowest BCUT2D eigenvalue weighted by molar-refractivity contribution is -0.131. The first-order valence-corrected chi connectivity index (χ1v) is 6.06. The zero-order valence-electron chi connectivity index (χ0n) is 10.1. The first-order valence-electron chi connectivity index (χ1n) is 5.68. The van der Waals surface area contributed by atoms with Gasteiger partial charge in [0.05, 0.1) is 16.6 Å². The van der Waals surface area contributed by atoms with Crippen molar-refractivity contribution in [3.63, 3.8) is 0 Å². The number of hydrogen-bond acceptors (Lipinski definition) is 4. The highest BCUT2D eigenvalue weighted by molar-refractivity contribution is 6.31. The fourth-order valence-electron chi connectivity index (χ4n) is 1.88. The van der Waals surface area contributed by atoms with Crippen LogP contribution in [0.2, 0.25) is 5.02 Å². The van der Waals surface area contributed by atoms with Gasteiger partial charge in [-0.1, -0.05) is 17.7 Å². The maximum Gasteiger partial charge on any atom is 0.308 e. The smallest absolute Gasteiger partial charge is 0.308 e. The van der Waals surface area contributed by atoms with E-state index in [0.717, 1.165) is 5.52 Å². The second kappa shape index (κ2) is 4.48. The quantitative estimate of drug-likeness (QED) is 0.387. The first-order chi connectivity index (χ1) is 9.13. The van der Waals surface area contributed by atoms with Crippen LogP contribution in [0.4, 0.5) is 0 Å². The van der Waals surface area contributed by atoms with E-state index in [2.05, 4.69) is 9.97 Å². The van der Waals surface area contributed by atoms with E-state index in [0.29, 0.717) is 27.3 Å². The summed E-state index contributed by atoms with van der Waals surface area (Å²) in [5.74, 6) is 0.0138. The number of rotatable bonds is 1. The molecule has 0 aliphatic heterocycles. The van der Waals surface area contributed by atoms with Gasteiger partial charge in [-0.05, 0) is 30.3 Å². The van der Waals surface area contributed by atoms with Crippen LogP contribution >= 0.6 is 11.6 Å². The molecule has 4 nitrogen and oxygen atoms in total. The number of aromatic nitrogens is 2. The van der Waals surface area contributed by atoms with Gasteiger partial charge in [-0.3, -0.25) is 4.79 Å². The molecule has 3 aromatic rings. The highest BCUT2D eigenvalue weighted by Crippen LogP contribution is 2.26. The predicted molar refractivity (Wildman–Crippen MR) is 73.4 cm³/mol. The summed E-state index contributed by atoms with van der Waals surface area (Å²) in [7, 11) is 0. The summed E-state index contributed by atoms with van der Waals surface area (Å²) in [4.78, 5) is 20.0. The van der Waals surface area contributed by atoms with E-state index in [4.69, 9.17) is 16.3 Å². The molecule has 19 heavy (non-hydrogen) atoms. The normalized spacial score (nSPS) is 10.8. The van der Waals surface area contributed by atoms with E-state index in [1.54, 1.807) is 24.3 Å². The van der Waals surface area contributed by atoms with Crippen LogP contribution in [0.1, 0.15) is 6.92 Å². The lowest BCUT2D eigenvalue weighted by atomic mass is 10.2. The average molecular weight is 273 g/mol. The molecule has 0 amide bonds. The monoisotopic (exact) mass is 272 g/mol. The Labute approximate surface area is 114 Å². The summed E-state index contributed by atoms with van der Waals surface area (Å²) >= 11 is 5.94. The van der Waals surface area contributed by atoms with Crippen LogP contribution in [0.25, 0.3) is 22.1 Å². The number of halogens is 1. The fourth-order valence-corrected chi connectivity index (χ4v) is 2.05. The van der Waals surface area contributed by atoms with Crippen LogP contribution in [0.5, 0.6) is 5.75 Å².